The standard InChI is InChI=1S/C32H34ClN5O4/c1-42-28-15-23(22-3-2-4-25(33)14-22)18-35-30(28)37-11-9-20(10-12-37)16-34-17-21-5-6-26-24(13-21)19-38(32(26)41)27-7-8-29(39)36-31(27)40/h2-6,13-15,18,20,27,34H,7-12,16-17,19H2,1H3,(H,36,39,40). The average molecular weight is 588 g/mol. The fraction of sp³-hybridized carbons (Fsp3) is 0.375. The number of hydrogen-bond acceptors (Lipinski definition) is 7. The van der Waals surface area contributed by atoms with Crippen molar-refractivity contribution in [2.45, 2.75) is 44.8 Å². The Bertz CT molecular complexity index is 1520. The van der Waals surface area contributed by atoms with E-state index in [1.165, 1.54) is 0 Å². The number of anilines is 1. The van der Waals surface area contributed by atoms with Crippen LogP contribution in [-0.4, -0.2) is 60.4 Å². The highest BCUT2D eigenvalue weighted by Gasteiger charge is 2.39. The first-order valence-corrected chi connectivity index (χ1v) is 14.8. The van der Waals surface area contributed by atoms with Crippen molar-refractivity contribution in [2.75, 3.05) is 31.6 Å². The van der Waals surface area contributed by atoms with Crippen LogP contribution in [0.5, 0.6) is 5.75 Å². The summed E-state index contributed by atoms with van der Waals surface area (Å²) < 4.78 is 5.71. The summed E-state index contributed by atoms with van der Waals surface area (Å²) in [7, 11) is 1.68. The van der Waals surface area contributed by atoms with Gasteiger partial charge in [-0.25, -0.2) is 4.98 Å². The summed E-state index contributed by atoms with van der Waals surface area (Å²) in [6.07, 6.45) is 4.60. The molecule has 0 aliphatic carbocycles. The van der Waals surface area contributed by atoms with Gasteiger partial charge in [0.05, 0.1) is 7.11 Å². The summed E-state index contributed by atoms with van der Waals surface area (Å²) >= 11 is 6.17. The Morgan fingerprint density at radius 2 is 1.88 bits per heavy atom. The fourth-order valence-electron chi connectivity index (χ4n) is 6.16. The van der Waals surface area contributed by atoms with E-state index in [2.05, 4.69) is 21.6 Å². The number of aromatic nitrogens is 1. The van der Waals surface area contributed by atoms with Crippen LogP contribution in [-0.2, 0) is 22.7 Å². The van der Waals surface area contributed by atoms with E-state index in [1.807, 2.05) is 48.7 Å². The molecule has 1 atom stereocenters. The Balaban J connectivity index is 1.00. The Morgan fingerprint density at radius 1 is 1.05 bits per heavy atom. The number of ether oxygens (including phenoxy) is 1. The lowest BCUT2D eigenvalue weighted by Crippen LogP contribution is -2.52. The molecule has 42 heavy (non-hydrogen) atoms. The van der Waals surface area contributed by atoms with E-state index in [4.69, 9.17) is 21.3 Å². The third-order valence-corrected chi connectivity index (χ3v) is 8.71. The van der Waals surface area contributed by atoms with Gasteiger partial charge in [-0.05, 0) is 72.7 Å². The van der Waals surface area contributed by atoms with Crippen molar-refractivity contribution < 1.29 is 19.1 Å². The number of benzene rings is 2. The number of imide groups is 1. The molecule has 3 aliphatic rings. The lowest BCUT2D eigenvalue weighted by atomic mass is 9.96. The van der Waals surface area contributed by atoms with Crippen molar-refractivity contribution >= 4 is 35.1 Å². The van der Waals surface area contributed by atoms with Crippen molar-refractivity contribution in [3.63, 3.8) is 0 Å². The first-order valence-electron chi connectivity index (χ1n) is 14.4. The number of amides is 3. The minimum atomic E-state index is -0.592. The third-order valence-electron chi connectivity index (χ3n) is 8.47. The second kappa shape index (κ2) is 12.1. The zero-order valence-corrected chi connectivity index (χ0v) is 24.3. The molecule has 2 N–H and O–H groups in total. The molecular formula is C32H34ClN5O4. The molecule has 218 valence electrons. The van der Waals surface area contributed by atoms with Crippen LogP contribution in [0.25, 0.3) is 11.1 Å². The van der Waals surface area contributed by atoms with Crippen LogP contribution < -0.4 is 20.3 Å². The van der Waals surface area contributed by atoms with Crippen LogP contribution >= 0.6 is 11.6 Å². The second-order valence-corrected chi connectivity index (χ2v) is 11.6. The molecule has 2 fully saturated rings. The Kier molecular flexibility index (Phi) is 8.13. The molecule has 9 nitrogen and oxygen atoms in total. The Labute approximate surface area is 250 Å². The zero-order valence-electron chi connectivity index (χ0n) is 23.6. The van der Waals surface area contributed by atoms with Crippen molar-refractivity contribution in [1.29, 1.82) is 0 Å². The predicted octanol–water partition coefficient (Wildman–Crippen LogP) is 4.18. The molecule has 10 heteroatoms. The van der Waals surface area contributed by atoms with Crippen LogP contribution in [0.4, 0.5) is 5.82 Å². The summed E-state index contributed by atoms with van der Waals surface area (Å²) in [5.41, 5.74) is 4.65. The number of fused-ring (bicyclic) bond motifs is 1. The predicted molar refractivity (Wildman–Crippen MR) is 160 cm³/mol. The van der Waals surface area contributed by atoms with Gasteiger partial charge in [-0.1, -0.05) is 35.9 Å². The summed E-state index contributed by atoms with van der Waals surface area (Å²) in [4.78, 5) is 45.4. The van der Waals surface area contributed by atoms with Crippen LogP contribution in [0, 0.1) is 5.92 Å². The molecule has 0 bridgehead atoms. The maximum absolute atomic E-state index is 12.9. The Hall–Kier alpha value is -3.95. The van der Waals surface area contributed by atoms with Gasteiger partial charge in [0.2, 0.25) is 11.8 Å². The lowest BCUT2D eigenvalue weighted by molar-refractivity contribution is -0.136. The van der Waals surface area contributed by atoms with E-state index in [0.29, 0.717) is 36.0 Å². The van der Waals surface area contributed by atoms with Gasteiger partial charge in [-0.2, -0.15) is 0 Å². The number of halogens is 1. The highest BCUT2D eigenvalue weighted by molar-refractivity contribution is 6.30. The highest BCUT2D eigenvalue weighted by Crippen LogP contribution is 2.34. The van der Waals surface area contributed by atoms with E-state index >= 15 is 0 Å². The molecule has 1 unspecified atom stereocenters. The van der Waals surface area contributed by atoms with Crippen molar-refractivity contribution in [3.05, 3.63) is 76.4 Å². The maximum Gasteiger partial charge on any atom is 0.255 e. The summed E-state index contributed by atoms with van der Waals surface area (Å²) in [6.45, 7) is 3.82. The smallest absolute Gasteiger partial charge is 0.255 e. The van der Waals surface area contributed by atoms with E-state index < -0.39 is 6.04 Å². The SMILES string of the molecule is COc1cc(-c2cccc(Cl)c2)cnc1N1CCC(CNCc2ccc3c(c2)CN(C2CCC(=O)NC2=O)C3=O)CC1. The number of hydrogen-bond donors (Lipinski definition) is 2. The molecule has 0 saturated carbocycles. The number of methoxy groups -OCH3 is 1. The van der Waals surface area contributed by atoms with Crippen LogP contribution in [0.15, 0.2) is 54.7 Å². The first kappa shape index (κ1) is 28.2. The maximum atomic E-state index is 12.9. The Morgan fingerprint density at radius 3 is 2.64 bits per heavy atom. The molecule has 0 radical (unpaired) electrons. The van der Waals surface area contributed by atoms with Gasteiger partial charge in [0.1, 0.15) is 6.04 Å². The largest absolute Gasteiger partial charge is 0.493 e. The number of rotatable bonds is 8. The van der Waals surface area contributed by atoms with Gasteiger partial charge in [0.15, 0.2) is 11.6 Å². The topological polar surface area (TPSA) is 104 Å². The van der Waals surface area contributed by atoms with Gasteiger partial charge in [0, 0.05) is 54.9 Å². The van der Waals surface area contributed by atoms with E-state index in [9.17, 15) is 14.4 Å². The normalized spacial score (nSPS) is 19.2. The van der Waals surface area contributed by atoms with Gasteiger partial charge in [-0.3, -0.25) is 19.7 Å². The van der Waals surface area contributed by atoms with Crippen LogP contribution in [0.1, 0.15) is 47.2 Å². The van der Waals surface area contributed by atoms with Crippen LogP contribution in [0.2, 0.25) is 5.02 Å². The molecular weight excluding hydrogens is 554 g/mol. The van der Waals surface area contributed by atoms with Gasteiger partial charge in [0.25, 0.3) is 5.91 Å². The monoisotopic (exact) mass is 587 g/mol. The lowest BCUT2D eigenvalue weighted by Gasteiger charge is -2.33. The molecule has 6 rings (SSSR count). The highest BCUT2D eigenvalue weighted by atomic mass is 35.5. The summed E-state index contributed by atoms with van der Waals surface area (Å²) in [5.74, 6) is 1.38. The van der Waals surface area contributed by atoms with Gasteiger partial charge >= 0.3 is 0 Å². The average Bonchev–Trinajstić information content (AvgIpc) is 3.32. The van der Waals surface area contributed by atoms with Crippen molar-refractivity contribution in [2.24, 2.45) is 5.92 Å². The van der Waals surface area contributed by atoms with Crippen molar-refractivity contribution in [1.82, 2.24) is 20.5 Å². The minimum absolute atomic E-state index is 0.143. The molecule has 3 amide bonds. The quantitative estimate of drug-likeness (QED) is 0.381. The minimum Gasteiger partial charge on any atom is -0.493 e. The van der Waals surface area contributed by atoms with Gasteiger partial charge in [-0.15, -0.1) is 0 Å². The number of nitrogens with one attached hydrogen (secondary N) is 2. The number of pyridine rings is 1. The first-order chi connectivity index (χ1) is 20.4. The molecule has 1 aromatic heterocycles. The molecule has 4 heterocycles. The number of piperidine rings is 2. The number of carbonyl (C=O) groups excluding carboxylic acids is 3. The third kappa shape index (κ3) is 5.84. The fourth-order valence-corrected chi connectivity index (χ4v) is 6.35. The van der Waals surface area contributed by atoms with Crippen LogP contribution in [0.3, 0.4) is 0 Å². The number of nitrogens with zero attached hydrogens (tertiary/aromatic N) is 3. The molecule has 2 saturated heterocycles. The summed E-state index contributed by atoms with van der Waals surface area (Å²) in [6, 6.07) is 15.0. The van der Waals surface area contributed by atoms with E-state index in [-0.39, 0.29) is 24.1 Å². The summed E-state index contributed by atoms with van der Waals surface area (Å²) in [5, 5.41) is 6.64. The van der Waals surface area contributed by atoms with E-state index in [1.54, 1.807) is 12.0 Å². The molecule has 3 aromatic rings. The zero-order chi connectivity index (χ0) is 29.2. The van der Waals surface area contributed by atoms with Crippen molar-refractivity contribution in [3.8, 4) is 16.9 Å². The molecule has 2 aromatic carbocycles. The van der Waals surface area contributed by atoms with Gasteiger partial charge < -0.3 is 19.9 Å². The number of carbonyl (C=O) groups is 3. The van der Waals surface area contributed by atoms with E-state index in [0.717, 1.165) is 66.3 Å². The molecule has 3 aliphatic heterocycles. The second-order valence-electron chi connectivity index (χ2n) is 11.2. The molecule has 0 spiro atoms.